The molecule has 1 saturated heterocycles. The summed E-state index contributed by atoms with van der Waals surface area (Å²) in [6.07, 6.45) is 3.22. The molecule has 1 amide bonds. The summed E-state index contributed by atoms with van der Waals surface area (Å²) in [6.45, 7) is 6.34. The summed E-state index contributed by atoms with van der Waals surface area (Å²) in [7, 11) is 0. The lowest BCUT2D eigenvalue weighted by atomic mass is 10.2. The number of amides is 1. The van der Waals surface area contributed by atoms with E-state index in [0.29, 0.717) is 18.8 Å². The molecule has 2 aromatic rings. The molecule has 0 aromatic carbocycles. The maximum absolute atomic E-state index is 10.9. The molecule has 0 aliphatic carbocycles. The van der Waals surface area contributed by atoms with Crippen LogP contribution in [0.2, 0.25) is 0 Å². The number of aromatic nitrogens is 3. The van der Waals surface area contributed by atoms with Crippen LogP contribution < -0.4 is 10.6 Å². The standard InChI is InChI=1S/C16H21N5O2/c1-3-13-11(2)16(19-10-22)21(20-13)12-4-5-14(18-8-12)15-9-17-6-7-23-15/h4-5,8,10,15,17H,3,6-7,9H2,1-2H3,(H,19,22)/t15-/m1/s1. The lowest BCUT2D eigenvalue weighted by molar-refractivity contribution is -0.105. The first kappa shape index (κ1) is 15.6. The van der Waals surface area contributed by atoms with Crippen molar-refractivity contribution in [3.63, 3.8) is 0 Å². The van der Waals surface area contributed by atoms with E-state index in [1.807, 2.05) is 26.0 Å². The van der Waals surface area contributed by atoms with Crippen LogP contribution in [0.4, 0.5) is 5.82 Å². The topological polar surface area (TPSA) is 81.1 Å². The molecule has 0 radical (unpaired) electrons. The summed E-state index contributed by atoms with van der Waals surface area (Å²) in [5.41, 5.74) is 3.64. The first-order valence-electron chi connectivity index (χ1n) is 7.82. The highest BCUT2D eigenvalue weighted by atomic mass is 16.5. The summed E-state index contributed by atoms with van der Waals surface area (Å²) in [6, 6.07) is 3.89. The fourth-order valence-corrected chi connectivity index (χ4v) is 2.76. The lowest BCUT2D eigenvalue weighted by Crippen LogP contribution is -2.33. The van der Waals surface area contributed by atoms with E-state index in [0.717, 1.165) is 42.1 Å². The van der Waals surface area contributed by atoms with Crippen LogP contribution in [0, 0.1) is 6.92 Å². The first-order chi connectivity index (χ1) is 11.2. The molecule has 122 valence electrons. The number of carbonyl (C=O) groups is 1. The maximum atomic E-state index is 10.9. The van der Waals surface area contributed by atoms with Crippen molar-refractivity contribution in [2.24, 2.45) is 0 Å². The van der Waals surface area contributed by atoms with Gasteiger partial charge in [-0.1, -0.05) is 6.92 Å². The van der Waals surface area contributed by atoms with Crippen molar-refractivity contribution in [1.29, 1.82) is 0 Å². The third kappa shape index (κ3) is 3.11. The van der Waals surface area contributed by atoms with Crippen molar-refractivity contribution >= 4 is 12.2 Å². The van der Waals surface area contributed by atoms with Crippen molar-refractivity contribution in [1.82, 2.24) is 20.1 Å². The number of morpholine rings is 1. The van der Waals surface area contributed by atoms with Crippen molar-refractivity contribution < 1.29 is 9.53 Å². The van der Waals surface area contributed by atoms with Gasteiger partial charge in [0, 0.05) is 18.7 Å². The number of pyridine rings is 1. The number of carbonyl (C=O) groups excluding carboxylic acids is 1. The van der Waals surface area contributed by atoms with E-state index < -0.39 is 0 Å². The van der Waals surface area contributed by atoms with Crippen LogP contribution in [-0.4, -0.2) is 40.9 Å². The summed E-state index contributed by atoms with van der Waals surface area (Å²) in [4.78, 5) is 15.4. The molecule has 23 heavy (non-hydrogen) atoms. The third-order valence-corrected chi connectivity index (χ3v) is 4.02. The Morgan fingerprint density at radius 3 is 3.00 bits per heavy atom. The Morgan fingerprint density at radius 1 is 1.52 bits per heavy atom. The zero-order valence-corrected chi connectivity index (χ0v) is 13.4. The molecule has 0 bridgehead atoms. The van der Waals surface area contributed by atoms with E-state index in [1.165, 1.54) is 0 Å². The van der Waals surface area contributed by atoms with E-state index in [4.69, 9.17) is 4.74 Å². The van der Waals surface area contributed by atoms with Crippen LogP contribution >= 0.6 is 0 Å². The zero-order valence-electron chi connectivity index (χ0n) is 13.4. The number of nitrogens with zero attached hydrogens (tertiary/aromatic N) is 3. The normalized spacial score (nSPS) is 17.9. The predicted octanol–water partition coefficient (Wildman–Crippen LogP) is 1.37. The molecular formula is C16H21N5O2. The van der Waals surface area contributed by atoms with Gasteiger partial charge in [-0.15, -0.1) is 0 Å². The number of nitrogens with one attached hydrogen (secondary N) is 2. The van der Waals surface area contributed by atoms with E-state index in [9.17, 15) is 4.79 Å². The SMILES string of the molecule is CCc1nn(-c2ccc([C@H]3CNCCO3)nc2)c(NC=O)c1C. The van der Waals surface area contributed by atoms with E-state index in [2.05, 4.69) is 20.7 Å². The number of ether oxygens (including phenoxy) is 1. The molecule has 7 heteroatoms. The Bertz CT molecular complexity index is 675. The fourth-order valence-electron chi connectivity index (χ4n) is 2.76. The number of hydrogen-bond acceptors (Lipinski definition) is 5. The van der Waals surface area contributed by atoms with E-state index in [-0.39, 0.29) is 6.10 Å². The fraction of sp³-hybridized carbons (Fsp3) is 0.438. The molecule has 3 rings (SSSR count). The van der Waals surface area contributed by atoms with Gasteiger partial charge in [-0.25, -0.2) is 4.68 Å². The van der Waals surface area contributed by atoms with Gasteiger partial charge in [0.05, 0.1) is 29.9 Å². The molecule has 0 unspecified atom stereocenters. The van der Waals surface area contributed by atoms with Gasteiger partial charge in [0.15, 0.2) is 0 Å². The van der Waals surface area contributed by atoms with Gasteiger partial charge in [-0.2, -0.15) is 5.10 Å². The van der Waals surface area contributed by atoms with E-state index in [1.54, 1.807) is 10.9 Å². The quantitative estimate of drug-likeness (QED) is 0.815. The molecule has 1 atom stereocenters. The van der Waals surface area contributed by atoms with Gasteiger partial charge < -0.3 is 15.4 Å². The summed E-state index contributed by atoms with van der Waals surface area (Å²) < 4.78 is 7.43. The maximum Gasteiger partial charge on any atom is 0.212 e. The molecule has 0 saturated carbocycles. The van der Waals surface area contributed by atoms with Gasteiger partial charge >= 0.3 is 0 Å². The smallest absolute Gasteiger partial charge is 0.212 e. The average Bonchev–Trinajstić information content (AvgIpc) is 2.92. The highest BCUT2D eigenvalue weighted by Gasteiger charge is 2.18. The van der Waals surface area contributed by atoms with Crippen LogP contribution in [-0.2, 0) is 16.0 Å². The number of rotatable bonds is 5. The average molecular weight is 315 g/mol. The molecule has 2 aromatic heterocycles. The highest BCUT2D eigenvalue weighted by molar-refractivity contribution is 5.72. The third-order valence-electron chi connectivity index (χ3n) is 4.02. The molecule has 7 nitrogen and oxygen atoms in total. The van der Waals surface area contributed by atoms with Crippen LogP contribution in [0.25, 0.3) is 5.69 Å². The monoisotopic (exact) mass is 315 g/mol. The molecule has 1 fully saturated rings. The summed E-state index contributed by atoms with van der Waals surface area (Å²) >= 11 is 0. The Morgan fingerprint density at radius 2 is 2.39 bits per heavy atom. The largest absolute Gasteiger partial charge is 0.369 e. The second kappa shape index (κ2) is 6.89. The highest BCUT2D eigenvalue weighted by Crippen LogP contribution is 2.24. The summed E-state index contributed by atoms with van der Waals surface area (Å²) in [5.74, 6) is 0.682. The van der Waals surface area contributed by atoms with Gasteiger partial charge in [0.1, 0.15) is 11.9 Å². The van der Waals surface area contributed by atoms with Crippen LogP contribution in [0.1, 0.15) is 30.0 Å². The Hall–Kier alpha value is -2.25. The van der Waals surface area contributed by atoms with Crippen molar-refractivity contribution in [3.8, 4) is 5.69 Å². The number of aryl methyl sites for hydroxylation is 1. The van der Waals surface area contributed by atoms with Crippen LogP contribution in [0.5, 0.6) is 0 Å². The van der Waals surface area contributed by atoms with Crippen LogP contribution in [0.3, 0.4) is 0 Å². The lowest BCUT2D eigenvalue weighted by Gasteiger charge is -2.23. The Balaban J connectivity index is 1.91. The molecule has 2 N–H and O–H groups in total. The first-order valence-corrected chi connectivity index (χ1v) is 7.82. The zero-order chi connectivity index (χ0) is 16.2. The minimum atomic E-state index is -0.0177. The molecule has 3 heterocycles. The minimum absolute atomic E-state index is 0.0177. The number of anilines is 1. The minimum Gasteiger partial charge on any atom is -0.369 e. The van der Waals surface area contributed by atoms with Gasteiger partial charge in [-0.05, 0) is 25.5 Å². The number of hydrogen-bond donors (Lipinski definition) is 2. The second-order valence-electron chi connectivity index (χ2n) is 5.45. The van der Waals surface area contributed by atoms with Crippen molar-refractivity contribution in [2.75, 3.05) is 25.0 Å². The Labute approximate surface area is 135 Å². The predicted molar refractivity (Wildman–Crippen MR) is 86.7 cm³/mol. The molecule has 0 spiro atoms. The Kier molecular flexibility index (Phi) is 4.68. The molecular weight excluding hydrogens is 294 g/mol. The van der Waals surface area contributed by atoms with Gasteiger partial charge in [-0.3, -0.25) is 9.78 Å². The van der Waals surface area contributed by atoms with Gasteiger partial charge in [0.2, 0.25) is 6.41 Å². The summed E-state index contributed by atoms with van der Waals surface area (Å²) in [5, 5.41) is 10.6. The molecule has 1 aliphatic rings. The second-order valence-corrected chi connectivity index (χ2v) is 5.45. The van der Waals surface area contributed by atoms with Gasteiger partial charge in [0.25, 0.3) is 0 Å². The molecule has 1 aliphatic heterocycles. The van der Waals surface area contributed by atoms with Crippen molar-refractivity contribution in [2.45, 2.75) is 26.4 Å². The van der Waals surface area contributed by atoms with E-state index >= 15 is 0 Å². The van der Waals surface area contributed by atoms with Crippen LogP contribution in [0.15, 0.2) is 18.3 Å². The van der Waals surface area contributed by atoms with Crippen molar-refractivity contribution in [3.05, 3.63) is 35.3 Å².